The number of benzene rings is 3. The van der Waals surface area contributed by atoms with Crippen LogP contribution in [0.15, 0.2) is 72.8 Å². The molecule has 2 atom stereocenters. The number of aryl methyl sites for hydroxylation is 1. The highest BCUT2D eigenvalue weighted by molar-refractivity contribution is 7.92. The van der Waals surface area contributed by atoms with Crippen molar-refractivity contribution in [3.05, 3.63) is 100 Å². The molecule has 0 radical (unpaired) electrons. The van der Waals surface area contributed by atoms with Crippen LogP contribution in [0.1, 0.15) is 42.5 Å². The molecule has 0 bridgehead atoms. The third-order valence-electron chi connectivity index (χ3n) is 6.93. The summed E-state index contributed by atoms with van der Waals surface area (Å²) in [6, 6.07) is 21.2. The Hall–Kier alpha value is -3.36. The fourth-order valence-electron chi connectivity index (χ4n) is 4.35. The summed E-state index contributed by atoms with van der Waals surface area (Å²) >= 11 is 6.30. The van der Waals surface area contributed by atoms with Gasteiger partial charge in [0.1, 0.15) is 12.6 Å². The number of nitrogens with zero attached hydrogens (tertiary/aromatic N) is 2. The van der Waals surface area contributed by atoms with Gasteiger partial charge in [-0.05, 0) is 56.0 Å². The SMILES string of the molecule is CC[C@@H](C)NC(=O)[C@H](Cc1ccccc1)N(Cc1ccc(C)cc1)C(=O)CN(c1cccc(Cl)c1C)S(C)(=O)=O. The lowest BCUT2D eigenvalue weighted by Crippen LogP contribution is -2.54. The van der Waals surface area contributed by atoms with E-state index >= 15 is 0 Å². The average Bonchev–Trinajstić information content (AvgIpc) is 2.91. The third-order valence-corrected chi connectivity index (χ3v) is 8.47. The van der Waals surface area contributed by atoms with Gasteiger partial charge in [-0.3, -0.25) is 13.9 Å². The van der Waals surface area contributed by atoms with Gasteiger partial charge in [-0.2, -0.15) is 0 Å². The van der Waals surface area contributed by atoms with E-state index in [9.17, 15) is 18.0 Å². The van der Waals surface area contributed by atoms with Gasteiger partial charge in [-0.1, -0.05) is 84.8 Å². The molecule has 0 aromatic heterocycles. The van der Waals surface area contributed by atoms with Gasteiger partial charge >= 0.3 is 0 Å². The molecule has 0 spiro atoms. The van der Waals surface area contributed by atoms with E-state index in [0.717, 1.165) is 33.7 Å². The lowest BCUT2D eigenvalue weighted by Gasteiger charge is -2.34. The fourth-order valence-corrected chi connectivity index (χ4v) is 5.42. The third kappa shape index (κ3) is 8.32. The Balaban J connectivity index is 2.08. The largest absolute Gasteiger partial charge is 0.352 e. The maximum Gasteiger partial charge on any atom is 0.244 e. The number of carbonyl (C=O) groups excluding carboxylic acids is 2. The van der Waals surface area contributed by atoms with Crippen LogP contribution >= 0.6 is 11.6 Å². The number of halogens is 1. The van der Waals surface area contributed by atoms with Crippen molar-refractivity contribution in [2.45, 2.75) is 59.2 Å². The standard InChI is InChI=1S/C31H38ClN3O4S/c1-6-23(3)33-31(37)29(19-25-11-8-7-9-12-25)34(20-26-17-15-22(2)16-18-26)30(36)21-35(40(5,38)39)28-14-10-13-27(32)24(28)4/h7-18,23,29H,6,19-21H2,1-5H3,(H,33,37)/t23-,29+/m1/s1. The summed E-state index contributed by atoms with van der Waals surface area (Å²) in [5, 5.41) is 3.42. The summed E-state index contributed by atoms with van der Waals surface area (Å²) in [4.78, 5) is 29.3. The monoisotopic (exact) mass is 583 g/mol. The van der Waals surface area contributed by atoms with Crippen LogP contribution in [0.25, 0.3) is 0 Å². The molecule has 0 aliphatic carbocycles. The Kier molecular flexibility index (Phi) is 10.8. The molecule has 0 aliphatic rings. The minimum atomic E-state index is -3.87. The highest BCUT2D eigenvalue weighted by Crippen LogP contribution is 2.28. The molecule has 2 amide bonds. The zero-order valence-corrected chi connectivity index (χ0v) is 25.3. The molecule has 9 heteroatoms. The maximum absolute atomic E-state index is 14.1. The number of hydrogen-bond donors (Lipinski definition) is 1. The molecule has 3 aromatic rings. The Bertz CT molecular complexity index is 1410. The van der Waals surface area contributed by atoms with Crippen LogP contribution in [0.3, 0.4) is 0 Å². The van der Waals surface area contributed by atoms with E-state index in [4.69, 9.17) is 11.6 Å². The van der Waals surface area contributed by atoms with E-state index in [1.165, 1.54) is 4.90 Å². The molecular formula is C31H38ClN3O4S. The number of sulfonamides is 1. The van der Waals surface area contributed by atoms with E-state index in [2.05, 4.69) is 5.32 Å². The van der Waals surface area contributed by atoms with Crippen LogP contribution in [0.4, 0.5) is 5.69 Å². The molecule has 3 rings (SSSR count). The van der Waals surface area contributed by atoms with Gasteiger partial charge in [0.05, 0.1) is 11.9 Å². The minimum absolute atomic E-state index is 0.0938. The number of amides is 2. The first-order valence-electron chi connectivity index (χ1n) is 13.3. The van der Waals surface area contributed by atoms with Crippen molar-refractivity contribution in [3.63, 3.8) is 0 Å². The highest BCUT2D eigenvalue weighted by atomic mass is 35.5. The first-order valence-corrected chi connectivity index (χ1v) is 15.6. The Labute approximate surface area is 243 Å². The number of nitrogens with one attached hydrogen (secondary N) is 1. The zero-order valence-electron chi connectivity index (χ0n) is 23.7. The van der Waals surface area contributed by atoms with Crippen LogP contribution in [0.2, 0.25) is 5.02 Å². The summed E-state index contributed by atoms with van der Waals surface area (Å²) in [6.45, 7) is 7.23. The molecule has 40 heavy (non-hydrogen) atoms. The number of carbonyl (C=O) groups is 2. The molecule has 0 aliphatic heterocycles. The normalized spacial score (nSPS) is 12.8. The lowest BCUT2D eigenvalue weighted by molar-refractivity contribution is -0.140. The van der Waals surface area contributed by atoms with Crippen LogP contribution in [-0.2, 0) is 32.6 Å². The maximum atomic E-state index is 14.1. The van der Waals surface area contributed by atoms with Gasteiger partial charge in [-0.15, -0.1) is 0 Å². The molecule has 0 unspecified atom stereocenters. The molecule has 0 fully saturated rings. The molecule has 0 heterocycles. The van der Waals surface area contributed by atoms with Crippen LogP contribution in [-0.4, -0.2) is 50.0 Å². The highest BCUT2D eigenvalue weighted by Gasteiger charge is 2.33. The lowest BCUT2D eigenvalue weighted by atomic mass is 10.0. The Morgan fingerprint density at radius 3 is 2.17 bits per heavy atom. The number of rotatable bonds is 12. The van der Waals surface area contributed by atoms with Crippen molar-refractivity contribution in [3.8, 4) is 0 Å². The summed E-state index contributed by atoms with van der Waals surface area (Å²) < 4.78 is 27.0. The summed E-state index contributed by atoms with van der Waals surface area (Å²) in [5.41, 5.74) is 3.65. The zero-order chi connectivity index (χ0) is 29.4. The second-order valence-corrected chi connectivity index (χ2v) is 12.5. The number of anilines is 1. The Morgan fingerprint density at radius 1 is 0.925 bits per heavy atom. The van der Waals surface area contributed by atoms with Crippen LogP contribution < -0.4 is 9.62 Å². The topological polar surface area (TPSA) is 86.8 Å². The van der Waals surface area contributed by atoms with Crippen molar-refractivity contribution in [1.29, 1.82) is 0 Å². The summed E-state index contributed by atoms with van der Waals surface area (Å²) in [5.74, 6) is -0.783. The first-order chi connectivity index (χ1) is 18.9. The summed E-state index contributed by atoms with van der Waals surface area (Å²) in [7, 11) is -3.87. The molecule has 7 nitrogen and oxygen atoms in total. The molecule has 214 valence electrons. The van der Waals surface area contributed by atoms with Crippen molar-refractivity contribution in [1.82, 2.24) is 10.2 Å². The van der Waals surface area contributed by atoms with E-state index < -0.39 is 28.5 Å². The van der Waals surface area contributed by atoms with Gasteiger partial charge in [0.25, 0.3) is 0 Å². The van der Waals surface area contributed by atoms with Gasteiger partial charge in [0, 0.05) is 24.0 Å². The van der Waals surface area contributed by atoms with Crippen LogP contribution in [0, 0.1) is 13.8 Å². The van der Waals surface area contributed by atoms with Crippen molar-refractivity contribution in [2.75, 3.05) is 17.1 Å². The summed E-state index contributed by atoms with van der Waals surface area (Å²) in [6.07, 6.45) is 2.06. The van der Waals surface area contributed by atoms with Crippen molar-refractivity contribution < 1.29 is 18.0 Å². The molecule has 0 saturated heterocycles. The Morgan fingerprint density at radius 2 is 1.57 bits per heavy atom. The molecule has 0 saturated carbocycles. The van der Waals surface area contributed by atoms with Gasteiger partial charge in [0.15, 0.2) is 0 Å². The van der Waals surface area contributed by atoms with Gasteiger partial charge in [-0.25, -0.2) is 8.42 Å². The first kappa shape index (κ1) is 31.2. The van der Waals surface area contributed by atoms with E-state index in [1.807, 2.05) is 75.4 Å². The second kappa shape index (κ2) is 13.8. The predicted octanol–water partition coefficient (Wildman–Crippen LogP) is 5.28. The smallest absolute Gasteiger partial charge is 0.244 e. The van der Waals surface area contributed by atoms with Crippen LogP contribution in [0.5, 0.6) is 0 Å². The minimum Gasteiger partial charge on any atom is -0.352 e. The van der Waals surface area contributed by atoms with Gasteiger partial charge in [0.2, 0.25) is 21.8 Å². The second-order valence-electron chi connectivity index (χ2n) is 10.2. The van der Waals surface area contributed by atoms with Crippen molar-refractivity contribution >= 4 is 39.1 Å². The quantitative estimate of drug-likeness (QED) is 0.314. The average molecular weight is 584 g/mol. The molecule has 3 aromatic carbocycles. The van der Waals surface area contributed by atoms with E-state index in [-0.39, 0.29) is 24.9 Å². The van der Waals surface area contributed by atoms with Crippen molar-refractivity contribution in [2.24, 2.45) is 0 Å². The van der Waals surface area contributed by atoms with E-state index in [0.29, 0.717) is 16.3 Å². The number of hydrogen-bond acceptors (Lipinski definition) is 4. The van der Waals surface area contributed by atoms with E-state index in [1.54, 1.807) is 25.1 Å². The van der Waals surface area contributed by atoms with Gasteiger partial charge < -0.3 is 10.2 Å². The fraction of sp³-hybridized carbons (Fsp3) is 0.355. The molecule has 1 N–H and O–H groups in total. The molecular weight excluding hydrogens is 546 g/mol. The predicted molar refractivity (Wildman–Crippen MR) is 162 cm³/mol.